The van der Waals surface area contributed by atoms with Gasteiger partial charge in [-0.1, -0.05) is 0 Å². The molecule has 0 aromatic rings. The molecule has 1 rings (SSSR count). The molecule has 1 aliphatic rings. The van der Waals surface area contributed by atoms with Gasteiger partial charge in [0.2, 0.25) is 5.91 Å². The van der Waals surface area contributed by atoms with Crippen LogP contribution in [0.4, 0.5) is 13.2 Å². The van der Waals surface area contributed by atoms with Crippen LogP contribution in [0.15, 0.2) is 0 Å². The van der Waals surface area contributed by atoms with Crippen LogP contribution >= 0.6 is 0 Å². The summed E-state index contributed by atoms with van der Waals surface area (Å²) >= 11 is 0. The minimum absolute atomic E-state index is 0.338. The van der Waals surface area contributed by atoms with E-state index in [-0.39, 0.29) is 6.10 Å². The van der Waals surface area contributed by atoms with E-state index in [1.807, 2.05) is 0 Å². The number of nitrogens with one attached hydrogen (secondary N) is 1. The van der Waals surface area contributed by atoms with Gasteiger partial charge in [0.25, 0.3) is 0 Å². The largest absolute Gasteiger partial charge is 0.415 e. The molecular weight excluding hydrogens is 237 g/mol. The molecule has 100 valence electrons. The van der Waals surface area contributed by atoms with Crippen LogP contribution < -0.4 is 11.1 Å². The van der Waals surface area contributed by atoms with Gasteiger partial charge in [0.15, 0.2) is 5.54 Å². The van der Waals surface area contributed by atoms with E-state index < -0.39 is 23.2 Å². The number of halogens is 3. The number of rotatable bonds is 2. The van der Waals surface area contributed by atoms with E-state index in [4.69, 9.17) is 10.5 Å². The summed E-state index contributed by atoms with van der Waals surface area (Å²) in [5.74, 6) is -1.23. The van der Waals surface area contributed by atoms with Crippen LogP contribution in [0.3, 0.4) is 0 Å². The fraction of sp³-hybridized carbons (Fsp3) is 0.900. The van der Waals surface area contributed by atoms with Gasteiger partial charge in [-0.05, 0) is 27.2 Å². The van der Waals surface area contributed by atoms with Crippen molar-refractivity contribution < 1.29 is 22.7 Å². The molecule has 1 saturated heterocycles. The Balaban J connectivity index is 2.79. The average molecular weight is 254 g/mol. The highest BCUT2D eigenvalue weighted by atomic mass is 19.4. The van der Waals surface area contributed by atoms with Crippen LogP contribution in [-0.2, 0) is 9.53 Å². The lowest BCUT2D eigenvalue weighted by atomic mass is 9.92. The number of hydrogen-bond donors (Lipinski definition) is 2. The van der Waals surface area contributed by atoms with E-state index in [0.29, 0.717) is 20.0 Å². The van der Waals surface area contributed by atoms with Crippen LogP contribution in [0.1, 0.15) is 27.2 Å². The van der Waals surface area contributed by atoms with Gasteiger partial charge in [-0.2, -0.15) is 13.2 Å². The first-order chi connectivity index (χ1) is 7.51. The molecule has 0 aromatic carbocycles. The van der Waals surface area contributed by atoms with E-state index in [9.17, 15) is 18.0 Å². The molecule has 3 atom stereocenters. The van der Waals surface area contributed by atoms with Crippen molar-refractivity contribution in [3.63, 3.8) is 0 Å². The maximum Gasteiger partial charge on any atom is 0.415 e. The standard InChI is InChI=1S/C10H17F3N2O2/c1-6-8(2,4-5-17-6)15-7(16)9(3,14)10(11,12)13/h6H,4-5,14H2,1-3H3,(H,15,16). The fourth-order valence-electron chi connectivity index (χ4n) is 1.52. The van der Waals surface area contributed by atoms with E-state index in [1.165, 1.54) is 0 Å². The van der Waals surface area contributed by atoms with Crippen molar-refractivity contribution in [3.8, 4) is 0 Å². The van der Waals surface area contributed by atoms with E-state index in [2.05, 4.69) is 5.32 Å². The van der Waals surface area contributed by atoms with Crippen LogP contribution in [0, 0.1) is 0 Å². The third-order valence-corrected chi connectivity index (χ3v) is 3.35. The van der Waals surface area contributed by atoms with Crippen LogP contribution in [-0.4, -0.2) is 35.9 Å². The highest BCUT2D eigenvalue weighted by Crippen LogP contribution is 2.31. The fourth-order valence-corrected chi connectivity index (χ4v) is 1.52. The summed E-state index contributed by atoms with van der Waals surface area (Å²) in [6.07, 6.45) is -4.65. The number of carbonyl (C=O) groups is 1. The third-order valence-electron chi connectivity index (χ3n) is 3.35. The first-order valence-corrected chi connectivity index (χ1v) is 5.30. The van der Waals surface area contributed by atoms with Gasteiger partial charge >= 0.3 is 6.18 Å². The first kappa shape index (κ1) is 14.2. The zero-order chi connectivity index (χ0) is 13.5. The topological polar surface area (TPSA) is 64.3 Å². The molecule has 4 nitrogen and oxygen atoms in total. The van der Waals surface area contributed by atoms with E-state index in [0.717, 1.165) is 0 Å². The first-order valence-electron chi connectivity index (χ1n) is 5.30. The minimum atomic E-state index is -4.78. The predicted molar refractivity (Wildman–Crippen MR) is 55.2 cm³/mol. The molecule has 0 spiro atoms. The molecule has 0 radical (unpaired) electrons. The lowest BCUT2D eigenvalue weighted by Crippen LogP contribution is -2.65. The van der Waals surface area contributed by atoms with Gasteiger partial charge in [0, 0.05) is 6.61 Å². The maximum atomic E-state index is 12.6. The van der Waals surface area contributed by atoms with E-state index >= 15 is 0 Å². The predicted octanol–water partition coefficient (Wildman–Crippen LogP) is 0.950. The quantitative estimate of drug-likeness (QED) is 0.771. The molecule has 0 bridgehead atoms. The van der Waals surface area contributed by atoms with E-state index in [1.54, 1.807) is 13.8 Å². The zero-order valence-electron chi connectivity index (χ0n) is 10.0. The number of amides is 1. The van der Waals surface area contributed by atoms with Crippen LogP contribution in [0.2, 0.25) is 0 Å². The lowest BCUT2D eigenvalue weighted by Gasteiger charge is -2.34. The lowest BCUT2D eigenvalue weighted by molar-refractivity contribution is -0.188. The number of hydrogen-bond acceptors (Lipinski definition) is 3. The Hall–Kier alpha value is -0.820. The second-order valence-electron chi connectivity index (χ2n) is 4.83. The SMILES string of the molecule is CC1OCCC1(C)NC(=O)C(C)(N)C(F)(F)F. The summed E-state index contributed by atoms with van der Waals surface area (Å²) in [6.45, 7) is 4.42. The molecule has 0 saturated carbocycles. The van der Waals surface area contributed by atoms with Crippen molar-refractivity contribution in [2.24, 2.45) is 5.73 Å². The number of alkyl halides is 3. The Bertz CT molecular complexity index is 317. The monoisotopic (exact) mass is 254 g/mol. The summed E-state index contributed by atoms with van der Waals surface area (Å²) in [5.41, 5.74) is 1.35. The van der Waals surface area contributed by atoms with Crippen LogP contribution in [0.25, 0.3) is 0 Å². The number of ether oxygens (including phenoxy) is 1. The molecular formula is C10H17F3N2O2. The van der Waals surface area contributed by atoms with Crippen LogP contribution in [0.5, 0.6) is 0 Å². The molecule has 7 heteroatoms. The normalized spacial score (nSPS) is 33.2. The van der Waals surface area contributed by atoms with Crippen molar-refractivity contribution >= 4 is 5.91 Å². The van der Waals surface area contributed by atoms with Crippen molar-refractivity contribution in [1.29, 1.82) is 0 Å². The second kappa shape index (κ2) is 4.13. The Kier molecular flexibility index (Phi) is 3.46. The summed E-state index contributed by atoms with van der Waals surface area (Å²) < 4.78 is 42.9. The molecule has 17 heavy (non-hydrogen) atoms. The van der Waals surface area contributed by atoms with Gasteiger partial charge < -0.3 is 15.8 Å². The number of nitrogens with two attached hydrogens (primary N) is 1. The molecule has 0 aliphatic carbocycles. The minimum Gasteiger partial charge on any atom is -0.376 e. The molecule has 1 aliphatic heterocycles. The summed E-state index contributed by atoms with van der Waals surface area (Å²) in [7, 11) is 0. The molecule has 3 N–H and O–H groups in total. The molecule has 1 heterocycles. The maximum absolute atomic E-state index is 12.6. The average Bonchev–Trinajstić information content (AvgIpc) is 2.44. The molecule has 1 fully saturated rings. The second-order valence-corrected chi connectivity index (χ2v) is 4.83. The Morgan fingerprint density at radius 1 is 1.53 bits per heavy atom. The van der Waals surface area contributed by atoms with Gasteiger partial charge in [-0.15, -0.1) is 0 Å². The van der Waals surface area contributed by atoms with Gasteiger partial charge in [-0.25, -0.2) is 0 Å². The Labute approximate surface area is 97.7 Å². The summed E-state index contributed by atoms with van der Waals surface area (Å²) in [5, 5.41) is 2.34. The highest BCUT2D eigenvalue weighted by Gasteiger charge is 2.55. The molecule has 0 aromatic heterocycles. The Morgan fingerprint density at radius 2 is 2.06 bits per heavy atom. The zero-order valence-corrected chi connectivity index (χ0v) is 10.0. The van der Waals surface area contributed by atoms with Gasteiger partial charge in [0.05, 0.1) is 11.6 Å². The summed E-state index contributed by atoms with van der Waals surface area (Å²) in [6, 6.07) is 0. The molecule has 3 unspecified atom stereocenters. The van der Waals surface area contributed by atoms with Gasteiger partial charge in [0.1, 0.15) is 0 Å². The van der Waals surface area contributed by atoms with Crippen molar-refractivity contribution in [1.82, 2.24) is 5.32 Å². The van der Waals surface area contributed by atoms with Gasteiger partial charge in [-0.3, -0.25) is 4.79 Å². The van der Waals surface area contributed by atoms with Crippen molar-refractivity contribution in [3.05, 3.63) is 0 Å². The third kappa shape index (κ3) is 2.55. The van der Waals surface area contributed by atoms with Crippen molar-refractivity contribution in [2.75, 3.05) is 6.61 Å². The molecule has 1 amide bonds. The highest BCUT2D eigenvalue weighted by molar-refractivity contribution is 5.87. The Morgan fingerprint density at radius 3 is 2.41 bits per heavy atom. The summed E-state index contributed by atoms with van der Waals surface area (Å²) in [4.78, 5) is 11.6. The number of carbonyl (C=O) groups excluding carboxylic acids is 1. The van der Waals surface area contributed by atoms with Crippen molar-refractivity contribution in [2.45, 2.75) is 50.6 Å². The smallest absolute Gasteiger partial charge is 0.376 e.